The Kier molecular flexibility index (Phi) is 7.61. The van der Waals surface area contributed by atoms with E-state index in [-0.39, 0.29) is 64.4 Å². The van der Waals surface area contributed by atoms with Crippen LogP contribution in [0.1, 0.15) is 18.9 Å². The fourth-order valence-corrected chi connectivity index (χ4v) is 5.28. The lowest BCUT2D eigenvalue weighted by Gasteiger charge is -2.18. The van der Waals surface area contributed by atoms with E-state index in [1.54, 1.807) is 12.1 Å². The summed E-state index contributed by atoms with van der Waals surface area (Å²) < 4.78 is 22.7. The predicted molar refractivity (Wildman–Crippen MR) is 130 cm³/mol. The number of imide groups is 1. The molecule has 1 aromatic carbocycles. The Labute approximate surface area is 205 Å². The molecule has 4 atom stereocenters. The zero-order chi connectivity index (χ0) is 22.2. The highest BCUT2D eigenvalue weighted by Crippen LogP contribution is 2.52. The Morgan fingerprint density at radius 1 is 1.09 bits per heavy atom. The number of fused-ring (bicyclic) bond motifs is 5. The van der Waals surface area contributed by atoms with Crippen LogP contribution in [0.2, 0.25) is 0 Å². The van der Waals surface area contributed by atoms with Gasteiger partial charge in [0, 0.05) is 19.6 Å². The zero-order valence-corrected chi connectivity index (χ0v) is 20.9. The van der Waals surface area contributed by atoms with Crippen molar-refractivity contribution in [3.05, 3.63) is 42.0 Å². The number of guanidine groups is 1. The molecule has 3 aliphatic rings. The van der Waals surface area contributed by atoms with E-state index < -0.39 is 10.0 Å². The first-order valence-electron chi connectivity index (χ1n) is 10.5. The molecule has 174 valence electrons. The van der Waals surface area contributed by atoms with Crippen molar-refractivity contribution in [3.8, 4) is 0 Å². The van der Waals surface area contributed by atoms with Crippen LogP contribution in [0.25, 0.3) is 0 Å². The van der Waals surface area contributed by atoms with Crippen LogP contribution in [0.3, 0.4) is 0 Å². The van der Waals surface area contributed by atoms with Gasteiger partial charge in [0.25, 0.3) is 0 Å². The number of allylic oxidation sites excluding steroid dienone is 2. The molecule has 0 aromatic heterocycles. The maximum Gasteiger partial charge on any atom is 0.238 e. The average Bonchev–Trinajstić information content (AvgIpc) is 3.41. The molecule has 4 unspecified atom stereocenters. The first-order chi connectivity index (χ1) is 14.8. The molecule has 2 amide bonds. The summed E-state index contributed by atoms with van der Waals surface area (Å²) >= 11 is 0. The van der Waals surface area contributed by atoms with E-state index in [9.17, 15) is 18.0 Å². The third-order valence-electron chi connectivity index (χ3n) is 6.21. The fourth-order valence-electron chi connectivity index (χ4n) is 4.77. The molecule has 1 aromatic rings. The van der Waals surface area contributed by atoms with Crippen molar-refractivity contribution in [2.24, 2.45) is 33.8 Å². The summed E-state index contributed by atoms with van der Waals surface area (Å²) in [6.45, 7) is 3.63. The van der Waals surface area contributed by atoms with Crippen LogP contribution < -0.4 is 15.8 Å². The van der Waals surface area contributed by atoms with Crippen molar-refractivity contribution in [1.82, 2.24) is 15.5 Å². The molecule has 1 saturated carbocycles. The fraction of sp³-hybridized carbons (Fsp3) is 0.476. The molecule has 2 bridgehead atoms. The van der Waals surface area contributed by atoms with Crippen LogP contribution in [0.15, 0.2) is 46.3 Å². The molecule has 1 aliphatic heterocycles. The number of nitrogens with one attached hydrogen (secondary N) is 2. The van der Waals surface area contributed by atoms with Gasteiger partial charge in [-0.1, -0.05) is 24.3 Å². The van der Waals surface area contributed by atoms with Crippen molar-refractivity contribution >= 4 is 51.8 Å². The standard InChI is InChI=1S/C21H27N5O4S.HI/c1-2-23-21(25-12-13-3-7-16(8-4-13)31(22,29)30)24-9-10-26-19(27)17-14-5-6-15(11-14)18(17)20(26)28;/h3-8,14-15,17-18H,2,9-12H2,1H3,(H2,22,29,30)(H2,23,24,25);1H. The zero-order valence-electron chi connectivity index (χ0n) is 17.7. The number of aliphatic imine (C=N–C) groups is 1. The first kappa shape index (κ1) is 24.6. The Morgan fingerprint density at radius 3 is 2.22 bits per heavy atom. The highest BCUT2D eigenvalue weighted by molar-refractivity contribution is 14.0. The minimum atomic E-state index is -3.72. The van der Waals surface area contributed by atoms with Crippen LogP contribution in [0.4, 0.5) is 0 Å². The molecule has 4 rings (SSSR count). The molecule has 1 saturated heterocycles. The van der Waals surface area contributed by atoms with Gasteiger partial charge in [0.05, 0.1) is 23.3 Å². The lowest BCUT2D eigenvalue weighted by atomic mass is 9.85. The van der Waals surface area contributed by atoms with Gasteiger partial charge >= 0.3 is 0 Å². The number of nitrogens with two attached hydrogens (primary N) is 1. The maximum absolute atomic E-state index is 12.7. The van der Waals surface area contributed by atoms with Crippen LogP contribution in [0, 0.1) is 23.7 Å². The van der Waals surface area contributed by atoms with Gasteiger partial charge in [-0.15, -0.1) is 24.0 Å². The minimum Gasteiger partial charge on any atom is -0.357 e. The minimum absolute atomic E-state index is 0. The number of hydrogen-bond donors (Lipinski definition) is 3. The molecule has 2 fully saturated rings. The lowest BCUT2D eigenvalue weighted by molar-refractivity contribution is -0.140. The SMILES string of the molecule is CCNC(=NCc1ccc(S(N)(=O)=O)cc1)NCCN1C(=O)C2C3C=CC(C3)C2C1=O.I. The summed E-state index contributed by atoms with van der Waals surface area (Å²) in [4.78, 5) is 31.4. The van der Waals surface area contributed by atoms with Crippen molar-refractivity contribution < 1.29 is 18.0 Å². The first-order valence-corrected chi connectivity index (χ1v) is 12.0. The highest BCUT2D eigenvalue weighted by atomic mass is 127. The van der Waals surface area contributed by atoms with E-state index in [2.05, 4.69) is 27.8 Å². The number of nitrogens with zero attached hydrogens (tertiary/aromatic N) is 2. The Morgan fingerprint density at radius 2 is 1.69 bits per heavy atom. The molecule has 2 aliphatic carbocycles. The van der Waals surface area contributed by atoms with Crippen LogP contribution >= 0.6 is 24.0 Å². The normalized spacial score (nSPS) is 26.3. The molecule has 0 radical (unpaired) electrons. The van der Waals surface area contributed by atoms with E-state index in [0.717, 1.165) is 12.0 Å². The van der Waals surface area contributed by atoms with Crippen molar-refractivity contribution in [2.75, 3.05) is 19.6 Å². The maximum atomic E-state index is 12.7. The van der Waals surface area contributed by atoms with Crippen molar-refractivity contribution in [2.45, 2.75) is 24.8 Å². The summed E-state index contributed by atoms with van der Waals surface area (Å²) in [5.41, 5.74) is 0.824. The van der Waals surface area contributed by atoms with Gasteiger partial charge in [-0.3, -0.25) is 14.5 Å². The van der Waals surface area contributed by atoms with E-state index >= 15 is 0 Å². The summed E-state index contributed by atoms with van der Waals surface area (Å²) in [6.07, 6.45) is 5.10. The quantitative estimate of drug-likeness (QED) is 0.145. The third kappa shape index (κ3) is 4.84. The second-order valence-corrected chi connectivity index (χ2v) is 9.70. The largest absolute Gasteiger partial charge is 0.357 e. The number of sulfonamides is 1. The summed E-state index contributed by atoms with van der Waals surface area (Å²) in [5, 5.41) is 11.4. The summed E-state index contributed by atoms with van der Waals surface area (Å²) in [7, 11) is -3.72. The molecule has 1 heterocycles. The second kappa shape index (κ2) is 9.87. The molecule has 11 heteroatoms. The van der Waals surface area contributed by atoms with Crippen molar-refractivity contribution in [1.29, 1.82) is 0 Å². The third-order valence-corrected chi connectivity index (χ3v) is 7.13. The number of amides is 2. The molecule has 9 nitrogen and oxygen atoms in total. The highest BCUT2D eigenvalue weighted by Gasteiger charge is 2.58. The second-order valence-electron chi connectivity index (χ2n) is 8.14. The van der Waals surface area contributed by atoms with Gasteiger partial charge in [0.15, 0.2) is 5.96 Å². The molecular formula is C21H28IN5O4S. The number of benzene rings is 1. The number of rotatable bonds is 7. The number of halogens is 1. The summed E-state index contributed by atoms with van der Waals surface area (Å²) in [6, 6.07) is 6.22. The van der Waals surface area contributed by atoms with Crippen LogP contribution in [-0.4, -0.2) is 50.7 Å². The topological polar surface area (TPSA) is 134 Å². The van der Waals surface area contributed by atoms with Crippen molar-refractivity contribution in [3.63, 3.8) is 0 Å². The monoisotopic (exact) mass is 573 g/mol. The average molecular weight is 573 g/mol. The number of hydrogen-bond acceptors (Lipinski definition) is 5. The Hall–Kier alpha value is -1.99. The molecule has 4 N–H and O–H groups in total. The molecular weight excluding hydrogens is 545 g/mol. The summed E-state index contributed by atoms with van der Waals surface area (Å²) in [5.74, 6) is 0.525. The van der Waals surface area contributed by atoms with Crippen LogP contribution in [0.5, 0.6) is 0 Å². The Bertz CT molecular complexity index is 1010. The van der Waals surface area contributed by atoms with Gasteiger partial charge in [0.1, 0.15) is 0 Å². The predicted octanol–water partition coefficient (Wildman–Crippen LogP) is 0.814. The van der Waals surface area contributed by atoms with E-state index in [4.69, 9.17) is 5.14 Å². The molecule has 32 heavy (non-hydrogen) atoms. The lowest BCUT2D eigenvalue weighted by Crippen LogP contribution is -2.43. The number of carbonyl (C=O) groups is 2. The van der Waals surface area contributed by atoms with Gasteiger partial charge in [-0.2, -0.15) is 0 Å². The van der Waals surface area contributed by atoms with Crippen LogP contribution in [-0.2, 0) is 26.2 Å². The number of likely N-dealkylation sites (tertiary alicyclic amines) is 1. The Balaban J connectivity index is 0.00000289. The van der Waals surface area contributed by atoms with Gasteiger partial charge < -0.3 is 10.6 Å². The van der Waals surface area contributed by atoms with Gasteiger partial charge in [0.2, 0.25) is 21.8 Å². The van der Waals surface area contributed by atoms with E-state index in [0.29, 0.717) is 32.1 Å². The smallest absolute Gasteiger partial charge is 0.238 e. The van der Waals surface area contributed by atoms with E-state index in [1.165, 1.54) is 17.0 Å². The van der Waals surface area contributed by atoms with Gasteiger partial charge in [-0.25, -0.2) is 18.5 Å². The van der Waals surface area contributed by atoms with Gasteiger partial charge in [-0.05, 0) is 42.9 Å². The van der Waals surface area contributed by atoms with E-state index in [1.807, 2.05) is 6.92 Å². The molecule has 0 spiro atoms. The number of primary sulfonamides is 1. The number of carbonyl (C=O) groups excluding carboxylic acids is 2.